The lowest BCUT2D eigenvalue weighted by atomic mass is 9.95. The molecule has 5 rings (SSSR count). The lowest BCUT2D eigenvalue weighted by molar-refractivity contribution is -0.122. The molecule has 3 N–H and O–H groups in total. The first kappa shape index (κ1) is 19.0. The number of methoxy groups -OCH3 is 1. The molecule has 2 aromatic heterocycles. The van der Waals surface area contributed by atoms with Gasteiger partial charge in [-0.25, -0.2) is 0 Å². The summed E-state index contributed by atoms with van der Waals surface area (Å²) in [5.74, 6) is 0.298. The van der Waals surface area contributed by atoms with Gasteiger partial charge in [0.05, 0.1) is 29.3 Å². The fraction of sp³-hybridized carbons (Fsp3) is 0.167. The van der Waals surface area contributed by atoms with Gasteiger partial charge in [0.15, 0.2) is 0 Å². The Balaban J connectivity index is 1.87. The molecular formula is C24H22N4O3. The highest BCUT2D eigenvalue weighted by Gasteiger charge is 2.36. The third kappa shape index (κ3) is 2.59. The summed E-state index contributed by atoms with van der Waals surface area (Å²) in [5.41, 5.74) is 11.3. The third-order valence-electron chi connectivity index (χ3n) is 6.05. The number of ether oxygens (including phenoxy) is 1. The van der Waals surface area contributed by atoms with Crippen LogP contribution < -0.4 is 15.8 Å². The van der Waals surface area contributed by atoms with E-state index in [2.05, 4.69) is 5.32 Å². The van der Waals surface area contributed by atoms with E-state index in [9.17, 15) is 9.59 Å². The zero-order chi connectivity index (χ0) is 22.0. The summed E-state index contributed by atoms with van der Waals surface area (Å²) in [6.07, 6.45) is 1.86. The van der Waals surface area contributed by atoms with Crippen LogP contribution in [0, 0.1) is 6.92 Å². The minimum atomic E-state index is -0.440. The highest BCUT2D eigenvalue weighted by Crippen LogP contribution is 2.41. The van der Waals surface area contributed by atoms with E-state index < -0.39 is 11.8 Å². The first-order valence-electron chi connectivity index (χ1n) is 9.90. The molecule has 0 saturated carbocycles. The highest BCUT2D eigenvalue weighted by molar-refractivity contribution is 6.51. The smallest absolute Gasteiger partial charge is 0.259 e. The second-order valence-corrected chi connectivity index (χ2v) is 7.91. The maximum Gasteiger partial charge on any atom is 0.259 e. The van der Waals surface area contributed by atoms with E-state index in [1.54, 1.807) is 7.11 Å². The van der Waals surface area contributed by atoms with Gasteiger partial charge < -0.3 is 19.6 Å². The molecule has 3 heterocycles. The van der Waals surface area contributed by atoms with E-state index in [4.69, 9.17) is 10.5 Å². The number of carbonyl (C=O) groups excluding carboxylic acids is 2. The summed E-state index contributed by atoms with van der Waals surface area (Å²) >= 11 is 0. The van der Waals surface area contributed by atoms with Gasteiger partial charge in [-0.1, -0.05) is 12.1 Å². The summed E-state index contributed by atoms with van der Waals surface area (Å²) in [7, 11) is 5.37. The Labute approximate surface area is 178 Å². The van der Waals surface area contributed by atoms with Gasteiger partial charge >= 0.3 is 0 Å². The number of hydrogen-bond donors (Lipinski definition) is 2. The van der Waals surface area contributed by atoms with Crippen molar-refractivity contribution in [1.82, 2.24) is 14.5 Å². The fourth-order valence-corrected chi connectivity index (χ4v) is 4.47. The molecule has 0 atom stereocenters. The maximum absolute atomic E-state index is 13.0. The van der Waals surface area contributed by atoms with Crippen LogP contribution in [0.2, 0.25) is 0 Å². The zero-order valence-electron chi connectivity index (χ0n) is 17.7. The number of nitrogens with zero attached hydrogens (tertiary/aromatic N) is 2. The van der Waals surface area contributed by atoms with Crippen molar-refractivity contribution in [3.63, 3.8) is 0 Å². The highest BCUT2D eigenvalue weighted by atomic mass is 16.5. The largest absolute Gasteiger partial charge is 0.497 e. The summed E-state index contributed by atoms with van der Waals surface area (Å²) in [4.78, 5) is 26.0. The number of fused-ring (bicyclic) bond motifs is 2. The number of nitrogen functional groups attached to an aromatic ring is 1. The number of aryl methyl sites for hydroxylation is 3. The molecule has 156 valence electrons. The molecule has 0 unspecified atom stereocenters. The molecule has 0 aliphatic carbocycles. The molecule has 4 aromatic rings. The number of amides is 2. The van der Waals surface area contributed by atoms with E-state index in [0.717, 1.165) is 33.1 Å². The molecule has 1 aliphatic rings. The SMILES string of the molecule is COc1ccc2c(C3=C(c4c(N)n(C)c5cc(C)ccc45)C(=O)NC3=O)cn(C)c2c1. The van der Waals surface area contributed by atoms with Gasteiger partial charge in [0.1, 0.15) is 11.6 Å². The van der Waals surface area contributed by atoms with E-state index in [-0.39, 0.29) is 0 Å². The predicted octanol–water partition coefficient (Wildman–Crippen LogP) is 3.14. The number of imide groups is 1. The number of nitrogens with two attached hydrogens (primary N) is 1. The molecular weight excluding hydrogens is 392 g/mol. The molecule has 0 fully saturated rings. The monoisotopic (exact) mass is 414 g/mol. The zero-order valence-corrected chi connectivity index (χ0v) is 17.7. The summed E-state index contributed by atoms with van der Waals surface area (Å²) in [6.45, 7) is 2.00. The first-order valence-corrected chi connectivity index (χ1v) is 9.90. The standard InChI is InChI=1S/C24H22N4O3/c1-12-5-7-15-18(9-12)28(3)22(25)19(15)21-20(23(29)26-24(21)30)16-11-27(2)17-10-13(31-4)6-8-14(16)17/h5-11H,25H2,1-4H3,(H,26,29,30). The molecule has 0 radical (unpaired) electrons. The summed E-state index contributed by atoms with van der Waals surface area (Å²) in [5, 5.41) is 4.17. The van der Waals surface area contributed by atoms with Crippen LogP contribution in [0.3, 0.4) is 0 Å². The topological polar surface area (TPSA) is 91.3 Å². The molecule has 7 heteroatoms. The van der Waals surface area contributed by atoms with Crippen molar-refractivity contribution in [3.8, 4) is 5.75 Å². The predicted molar refractivity (Wildman–Crippen MR) is 122 cm³/mol. The van der Waals surface area contributed by atoms with Crippen LogP contribution in [-0.2, 0) is 23.7 Å². The first-order chi connectivity index (χ1) is 14.8. The molecule has 2 aromatic carbocycles. The van der Waals surface area contributed by atoms with Gasteiger partial charge in [-0.15, -0.1) is 0 Å². The van der Waals surface area contributed by atoms with Crippen LogP contribution in [0.15, 0.2) is 42.6 Å². The number of anilines is 1. The number of rotatable bonds is 3. The Morgan fingerprint density at radius 3 is 2.39 bits per heavy atom. The van der Waals surface area contributed by atoms with Gasteiger partial charge in [0.2, 0.25) is 0 Å². The average molecular weight is 414 g/mol. The quantitative estimate of drug-likeness (QED) is 0.504. The van der Waals surface area contributed by atoms with Gasteiger partial charge in [-0.05, 0) is 30.7 Å². The lowest BCUT2D eigenvalue weighted by Crippen LogP contribution is -2.22. The van der Waals surface area contributed by atoms with Gasteiger partial charge in [-0.2, -0.15) is 0 Å². The Hall–Kier alpha value is -4.00. The van der Waals surface area contributed by atoms with E-state index in [1.165, 1.54) is 0 Å². The van der Waals surface area contributed by atoms with Crippen molar-refractivity contribution in [3.05, 3.63) is 59.3 Å². The Bertz CT molecular complexity index is 1470. The van der Waals surface area contributed by atoms with Gasteiger partial charge in [0, 0.05) is 48.3 Å². The second kappa shape index (κ2) is 6.50. The van der Waals surface area contributed by atoms with Crippen molar-refractivity contribution >= 4 is 50.6 Å². The van der Waals surface area contributed by atoms with Crippen molar-refractivity contribution in [2.24, 2.45) is 14.1 Å². The van der Waals surface area contributed by atoms with E-state index in [0.29, 0.717) is 28.1 Å². The van der Waals surface area contributed by atoms with Gasteiger partial charge in [-0.3, -0.25) is 14.9 Å². The molecule has 0 saturated heterocycles. The van der Waals surface area contributed by atoms with Crippen molar-refractivity contribution in [2.75, 3.05) is 12.8 Å². The molecule has 7 nitrogen and oxygen atoms in total. The Kier molecular flexibility index (Phi) is 3.98. The third-order valence-corrected chi connectivity index (χ3v) is 6.05. The number of benzene rings is 2. The Morgan fingerprint density at radius 1 is 0.935 bits per heavy atom. The lowest BCUT2D eigenvalue weighted by Gasteiger charge is -2.05. The summed E-state index contributed by atoms with van der Waals surface area (Å²) in [6, 6.07) is 11.6. The molecule has 31 heavy (non-hydrogen) atoms. The maximum atomic E-state index is 13.0. The van der Waals surface area contributed by atoms with E-state index >= 15 is 0 Å². The number of carbonyl (C=O) groups is 2. The second-order valence-electron chi connectivity index (χ2n) is 7.91. The molecule has 0 spiro atoms. The molecule has 1 aliphatic heterocycles. The van der Waals surface area contributed by atoms with Crippen LogP contribution in [0.5, 0.6) is 5.75 Å². The molecule has 2 amide bonds. The van der Waals surface area contributed by atoms with Crippen LogP contribution in [0.1, 0.15) is 16.7 Å². The number of aromatic nitrogens is 2. The van der Waals surface area contributed by atoms with Crippen molar-refractivity contribution in [2.45, 2.75) is 6.92 Å². The van der Waals surface area contributed by atoms with Crippen molar-refractivity contribution < 1.29 is 14.3 Å². The van der Waals surface area contributed by atoms with Crippen LogP contribution in [-0.4, -0.2) is 28.1 Å². The minimum absolute atomic E-state index is 0.306. The fourth-order valence-electron chi connectivity index (χ4n) is 4.47. The van der Waals surface area contributed by atoms with E-state index in [1.807, 2.05) is 72.7 Å². The van der Waals surface area contributed by atoms with Crippen molar-refractivity contribution in [1.29, 1.82) is 0 Å². The molecule has 0 bridgehead atoms. The number of hydrogen-bond acceptors (Lipinski definition) is 4. The van der Waals surface area contributed by atoms with Crippen LogP contribution in [0.4, 0.5) is 5.82 Å². The average Bonchev–Trinajstić information content (AvgIpc) is 3.31. The number of nitrogens with one attached hydrogen (secondary N) is 1. The normalized spacial score (nSPS) is 14.2. The minimum Gasteiger partial charge on any atom is -0.497 e. The Morgan fingerprint density at radius 2 is 1.65 bits per heavy atom. The van der Waals surface area contributed by atoms with Crippen LogP contribution >= 0.6 is 0 Å². The van der Waals surface area contributed by atoms with Gasteiger partial charge in [0.25, 0.3) is 11.8 Å². The van der Waals surface area contributed by atoms with Crippen LogP contribution in [0.25, 0.3) is 33.0 Å². The summed E-state index contributed by atoms with van der Waals surface area (Å²) < 4.78 is 9.11.